The van der Waals surface area contributed by atoms with Crippen LogP contribution >= 0.6 is 39.1 Å². The van der Waals surface area contributed by atoms with Crippen LogP contribution in [0.4, 0.5) is 0 Å². The molecule has 0 radical (unpaired) electrons. The number of likely N-dealkylation sites (tertiary alicyclic amines) is 1. The van der Waals surface area contributed by atoms with Gasteiger partial charge in [0.05, 0.1) is 10.0 Å². The first-order valence-corrected chi connectivity index (χ1v) is 10.4. The first kappa shape index (κ1) is 19.5. The number of amides is 1. The van der Waals surface area contributed by atoms with Crippen LogP contribution in [0.5, 0.6) is 0 Å². The zero-order chi connectivity index (χ0) is 19.8. The second-order valence-corrected chi connectivity index (χ2v) is 8.58. The summed E-state index contributed by atoms with van der Waals surface area (Å²) in [7, 11) is 0. The Hall–Kier alpha value is -1.82. The number of carbonyl (C=O) groups is 2. The van der Waals surface area contributed by atoms with Crippen molar-refractivity contribution in [2.75, 3.05) is 13.1 Å². The van der Waals surface area contributed by atoms with Crippen LogP contribution in [0.2, 0.25) is 10.0 Å². The average Bonchev–Trinajstić information content (AvgIpc) is 3.12. The number of hydrogen-bond acceptors (Lipinski definition) is 3. The van der Waals surface area contributed by atoms with E-state index in [1.54, 1.807) is 29.2 Å². The van der Waals surface area contributed by atoms with Crippen molar-refractivity contribution in [2.24, 2.45) is 5.92 Å². The van der Waals surface area contributed by atoms with Crippen molar-refractivity contribution in [3.8, 4) is 0 Å². The molecular formula is C21H16BrCl2NO3. The third kappa shape index (κ3) is 3.84. The lowest BCUT2D eigenvalue weighted by Crippen LogP contribution is -2.40. The van der Waals surface area contributed by atoms with E-state index in [2.05, 4.69) is 15.9 Å². The topological polar surface area (TPSA) is 50.5 Å². The van der Waals surface area contributed by atoms with Gasteiger partial charge in [-0.3, -0.25) is 9.59 Å². The van der Waals surface area contributed by atoms with E-state index >= 15 is 0 Å². The molecule has 2 aromatic carbocycles. The predicted molar refractivity (Wildman–Crippen MR) is 113 cm³/mol. The average molecular weight is 481 g/mol. The van der Waals surface area contributed by atoms with E-state index in [0.717, 1.165) is 9.86 Å². The number of nitrogens with zero attached hydrogens (tertiary/aromatic N) is 1. The normalized spacial score (nSPS) is 15.2. The minimum atomic E-state index is -0.146. The SMILES string of the molecule is O=C(c1ccc(Cl)c(Cl)c1)C1CCN(C(=O)c2cc3cc(Br)ccc3o2)CC1. The summed E-state index contributed by atoms with van der Waals surface area (Å²) in [5.74, 6) is 0.0855. The van der Waals surface area contributed by atoms with E-state index in [0.29, 0.717) is 52.9 Å². The zero-order valence-electron chi connectivity index (χ0n) is 14.8. The standard InChI is InChI=1S/C21H16BrCl2NO3/c22-15-2-4-18-14(9-15)11-19(28-18)21(27)25-7-5-12(6-8-25)20(26)13-1-3-16(23)17(24)10-13/h1-4,9-12H,5-8H2. The molecule has 1 amide bonds. The molecule has 0 N–H and O–H groups in total. The molecule has 0 saturated carbocycles. The number of furan rings is 1. The molecule has 2 heterocycles. The van der Waals surface area contributed by atoms with Gasteiger partial charge in [0, 0.05) is 34.4 Å². The summed E-state index contributed by atoms with van der Waals surface area (Å²) in [6.07, 6.45) is 1.22. The quantitative estimate of drug-likeness (QED) is 0.417. The second-order valence-electron chi connectivity index (χ2n) is 6.85. The predicted octanol–water partition coefficient (Wildman–Crippen LogP) is 6.24. The first-order chi connectivity index (χ1) is 13.4. The Labute approximate surface area is 180 Å². The minimum absolute atomic E-state index is 0.0410. The van der Waals surface area contributed by atoms with Crippen LogP contribution in [0.1, 0.15) is 33.8 Å². The van der Waals surface area contributed by atoms with Gasteiger partial charge in [-0.25, -0.2) is 0 Å². The van der Waals surface area contributed by atoms with Gasteiger partial charge >= 0.3 is 0 Å². The third-order valence-corrected chi connectivity index (χ3v) is 6.28. The Kier molecular flexibility index (Phi) is 5.50. The number of ketones is 1. The highest BCUT2D eigenvalue weighted by Gasteiger charge is 2.29. The molecule has 3 aromatic rings. The van der Waals surface area contributed by atoms with E-state index in [1.807, 2.05) is 18.2 Å². The number of carbonyl (C=O) groups excluding carboxylic acids is 2. The molecule has 1 fully saturated rings. The number of benzene rings is 2. The van der Waals surface area contributed by atoms with E-state index in [4.69, 9.17) is 27.6 Å². The smallest absolute Gasteiger partial charge is 0.289 e. The molecule has 0 bridgehead atoms. The lowest BCUT2D eigenvalue weighted by Gasteiger charge is -2.30. The van der Waals surface area contributed by atoms with Gasteiger partial charge in [-0.2, -0.15) is 0 Å². The zero-order valence-corrected chi connectivity index (χ0v) is 17.9. The Morgan fingerprint density at radius 3 is 2.46 bits per heavy atom. The monoisotopic (exact) mass is 479 g/mol. The van der Waals surface area contributed by atoms with Crippen LogP contribution in [0, 0.1) is 5.92 Å². The van der Waals surface area contributed by atoms with Crippen molar-refractivity contribution >= 4 is 61.8 Å². The molecule has 0 spiro atoms. The molecule has 4 rings (SSSR count). The van der Waals surface area contributed by atoms with Crippen molar-refractivity contribution in [3.05, 3.63) is 68.3 Å². The maximum atomic E-state index is 12.8. The summed E-state index contributed by atoms with van der Waals surface area (Å²) in [4.78, 5) is 27.3. The van der Waals surface area contributed by atoms with Crippen LogP contribution in [-0.4, -0.2) is 29.7 Å². The van der Waals surface area contributed by atoms with Gasteiger partial charge in [0.2, 0.25) is 0 Å². The largest absolute Gasteiger partial charge is 0.451 e. The Morgan fingerprint density at radius 1 is 1.00 bits per heavy atom. The first-order valence-electron chi connectivity index (χ1n) is 8.90. The summed E-state index contributed by atoms with van der Waals surface area (Å²) in [5, 5.41) is 1.68. The highest BCUT2D eigenvalue weighted by molar-refractivity contribution is 9.10. The third-order valence-electron chi connectivity index (χ3n) is 5.05. The van der Waals surface area contributed by atoms with Crippen LogP contribution in [-0.2, 0) is 0 Å². The summed E-state index contributed by atoms with van der Waals surface area (Å²) in [5.41, 5.74) is 1.23. The van der Waals surface area contributed by atoms with E-state index in [-0.39, 0.29) is 17.6 Å². The number of fused-ring (bicyclic) bond motifs is 1. The Balaban J connectivity index is 1.43. The molecule has 1 saturated heterocycles. The van der Waals surface area contributed by atoms with Crippen LogP contribution in [0.15, 0.2) is 51.4 Å². The van der Waals surface area contributed by atoms with Crippen LogP contribution < -0.4 is 0 Å². The van der Waals surface area contributed by atoms with Gasteiger partial charge in [0.1, 0.15) is 5.58 Å². The minimum Gasteiger partial charge on any atom is -0.451 e. The number of Topliss-reactive ketones (excluding diaryl/α,β-unsaturated/α-hetero) is 1. The highest BCUT2D eigenvalue weighted by Crippen LogP contribution is 2.29. The number of halogens is 3. The van der Waals surface area contributed by atoms with Crippen molar-refractivity contribution in [1.82, 2.24) is 4.90 Å². The van der Waals surface area contributed by atoms with Gasteiger partial charge in [-0.05, 0) is 55.3 Å². The Morgan fingerprint density at radius 2 is 1.75 bits per heavy atom. The lowest BCUT2D eigenvalue weighted by atomic mass is 9.89. The molecule has 0 unspecified atom stereocenters. The van der Waals surface area contributed by atoms with E-state index in [1.165, 1.54) is 0 Å². The number of rotatable bonds is 3. The molecule has 1 aromatic heterocycles. The number of hydrogen-bond donors (Lipinski definition) is 0. The van der Waals surface area contributed by atoms with Gasteiger partial charge in [0.15, 0.2) is 11.5 Å². The van der Waals surface area contributed by atoms with Crippen LogP contribution in [0.3, 0.4) is 0 Å². The molecule has 1 aliphatic heterocycles. The summed E-state index contributed by atoms with van der Waals surface area (Å²) in [6.45, 7) is 1.02. The molecule has 4 nitrogen and oxygen atoms in total. The number of piperidine rings is 1. The molecule has 28 heavy (non-hydrogen) atoms. The molecule has 0 atom stereocenters. The molecule has 7 heteroatoms. The Bertz CT molecular complexity index is 1070. The van der Waals surface area contributed by atoms with Crippen molar-refractivity contribution in [1.29, 1.82) is 0 Å². The van der Waals surface area contributed by atoms with Crippen molar-refractivity contribution in [3.63, 3.8) is 0 Å². The van der Waals surface area contributed by atoms with Gasteiger partial charge in [0.25, 0.3) is 5.91 Å². The van der Waals surface area contributed by atoms with Gasteiger partial charge < -0.3 is 9.32 Å². The molecule has 0 aliphatic carbocycles. The maximum absolute atomic E-state index is 12.8. The summed E-state index contributed by atoms with van der Waals surface area (Å²) < 4.78 is 6.63. The molecule has 144 valence electrons. The van der Waals surface area contributed by atoms with Crippen LogP contribution in [0.25, 0.3) is 11.0 Å². The van der Waals surface area contributed by atoms with Gasteiger partial charge in [-0.15, -0.1) is 0 Å². The van der Waals surface area contributed by atoms with E-state index < -0.39 is 0 Å². The lowest BCUT2D eigenvalue weighted by molar-refractivity contribution is 0.0626. The fraction of sp³-hybridized carbons (Fsp3) is 0.238. The summed E-state index contributed by atoms with van der Waals surface area (Å²) >= 11 is 15.4. The fourth-order valence-corrected chi connectivity index (χ4v) is 4.18. The molecular weight excluding hydrogens is 465 g/mol. The second kappa shape index (κ2) is 7.90. The molecule has 1 aliphatic rings. The van der Waals surface area contributed by atoms with Crippen molar-refractivity contribution < 1.29 is 14.0 Å². The highest BCUT2D eigenvalue weighted by atomic mass is 79.9. The van der Waals surface area contributed by atoms with Gasteiger partial charge in [-0.1, -0.05) is 39.1 Å². The summed E-state index contributed by atoms with van der Waals surface area (Å²) in [6, 6.07) is 12.3. The fourth-order valence-electron chi connectivity index (χ4n) is 3.51. The maximum Gasteiger partial charge on any atom is 0.289 e. The van der Waals surface area contributed by atoms with E-state index in [9.17, 15) is 9.59 Å². The van der Waals surface area contributed by atoms with Crippen molar-refractivity contribution in [2.45, 2.75) is 12.8 Å².